The van der Waals surface area contributed by atoms with Gasteiger partial charge in [-0.05, 0) is 18.6 Å². The average Bonchev–Trinajstić information content (AvgIpc) is 2.82. The van der Waals surface area contributed by atoms with Gasteiger partial charge in [0, 0.05) is 12.5 Å². The van der Waals surface area contributed by atoms with E-state index in [9.17, 15) is 13.6 Å². The van der Waals surface area contributed by atoms with Gasteiger partial charge in [0.2, 0.25) is 0 Å². The highest BCUT2D eigenvalue weighted by atomic mass is 32.2. The molecule has 0 atom stereocenters. The lowest BCUT2D eigenvalue weighted by Crippen LogP contribution is -2.07. The van der Waals surface area contributed by atoms with Gasteiger partial charge in [-0.3, -0.25) is 9.36 Å². The maximum Gasteiger partial charge on any atom is 0.313 e. The minimum atomic E-state index is -1.02. The van der Waals surface area contributed by atoms with Gasteiger partial charge in [-0.2, -0.15) is 0 Å². The van der Waals surface area contributed by atoms with Crippen molar-refractivity contribution in [1.82, 2.24) is 14.8 Å². The maximum absolute atomic E-state index is 14.0. The largest absolute Gasteiger partial charge is 0.481 e. The third-order valence-corrected chi connectivity index (χ3v) is 3.56. The van der Waals surface area contributed by atoms with Crippen LogP contribution >= 0.6 is 11.8 Å². The Morgan fingerprint density at radius 3 is 2.81 bits per heavy atom. The number of carbonyl (C=O) groups is 1. The molecule has 1 heterocycles. The zero-order valence-electron chi connectivity index (χ0n) is 11.2. The lowest BCUT2D eigenvalue weighted by Gasteiger charge is -2.10. The third-order valence-electron chi connectivity index (χ3n) is 2.65. The van der Waals surface area contributed by atoms with E-state index in [1.54, 1.807) is 0 Å². The Kier molecular flexibility index (Phi) is 4.89. The molecule has 5 nitrogen and oxygen atoms in total. The molecule has 0 unspecified atom stereocenters. The standard InChI is InChI=1S/C13H13F2N3O2S/c1-2-3-11-16-17-13(21-7-12(19)20)18(11)10-6-8(14)4-5-9(10)15/h4-6H,2-3,7H2,1H3,(H,19,20). The zero-order chi connectivity index (χ0) is 15.4. The van der Waals surface area contributed by atoms with Crippen LogP contribution < -0.4 is 0 Å². The number of aromatic nitrogens is 3. The predicted octanol–water partition coefficient (Wildman–Crippen LogP) is 2.67. The lowest BCUT2D eigenvalue weighted by molar-refractivity contribution is -0.133. The molecule has 0 aliphatic heterocycles. The molecule has 0 saturated heterocycles. The van der Waals surface area contributed by atoms with Gasteiger partial charge >= 0.3 is 5.97 Å². The molecule has 8 heteroatoms. The quantitative estimate of drug-likeness (QED) is 0.830. The fourth-order valence-corrected chi connectivity index (χ4v) is 2.49. The van der Waals surface area contributed by atoms with Crippen LogP contribution in [-0.4, -0.2) is 31.6 Å². The summed E-state index contributed by atoms with van der Waals surface area (Å²) in [5.41, 5.74) is -0.0173. The van der Waals surface area contributed by atoms with Crippen molar-refractivity contribution < 1.29 is 18.7 Å². The van der Waals surface area contributed by atoms with E-state index in [4.69, 9.17) is 5.11 Å². The highest BCUT2D eigenvalue weighted by molar-refractivity contribution is 7.99. The molecular weight excluding hydrogens is 300 g/mol. The summed E-state index contributed by atoms with van der Waals surface area (Å²) in [5.74, 6) is -2.00. The second kappa shape index (κ2) is 6.66. The van der Waals surface area contributed by atoms with E-state index in [1.165, 1.54) is 4.57 Å². The highest BCUT2D eigenvalue weighted by Crippen LogP contribution is 2.25. The molecule has 1 aromatic heterocycles. The molecule has 0 fully saturated rings. The minimum Gasteiger partial charge on any atom is -0.481 e. The van der Waals surface area contributed by atoms with E-state index < -0.39 is 17.6 Å². The number of aryl methyl sites for hydroxylation is 1. The number of thioether (sulfide) groups is 1. The van der Waals surface area contributed by atoms with Gasteiger partial charge < -0.3 is 5.11 Å². The number of carboxylic acids is 1. The second-order valence-electron chi connectivity index (χ2n) is 4.26. The first-order valence-corrected chi connectivity index (χ1v) is 7.25. The number of benzene rings is 1. The van der Waals surface area contributed by atoms with Crippen LogP contribution in [0, 0.1) is 11.6 Å². The number of halogens is 2. The molecule has 1 N–H and O–H groups in total. The van der Waals surface area contributed by atoms with Crippen LogP contribution in [0.2, 0.25) is 0 Å². The molecule has 0 spiro atoms. The summed E-state index contributed by atoms with van der Waals surface area (Å²) >= 11 is 0.912. The van der Waals surface area contributed by atoms with Crippen LogP contribution in [0.3, 0.4) is 0 Å². The van der Waals surface area contributed by atoms with E-state index >= 15 is 0 Å². The van der Waals surface area contributed by atoms with Crippen molar-refractivity contribution in [3.8, 4) is 5.69 Å². The summed E-state index contributed by atoms with van der Waals surface area (Å²) in [4.78, 5) is 10.7. The van der Waals surface area contributed by atoms with Gasteiger partial charge in [0.25, 0.3) is 0 Å². The molecular formula is C13H13F2N3O2S. The molecule has 1 aromatic carbocycles. The summed E-state index contributed by atoms with van der Waals surface area (Å²) in [6.07, 6.45) is 1.27. The Morgan fingerprint density at radius 2 is 2.14 bits per heavy atom. The van der Waals surface area contributed by atoms with Crippen molar-refractivity contribution in [2.24, 2.45) is 0 Å². The lowest BCUT2D eigenvalue weighted by atomic mass is 10.2. The summed E-state index contributed by atoms with van der Waals surface area (Å²) in [5, 5.41) is 16.8. The number of aliphatic carboxylic acids is 1. The topological polar surface area (TPSA) is 68.0 Å². The predicted molar refractivity (Wildman–Crippen MR) is 73.6 cm³/mol. The first kappa shape index (κ1) is 15.4. The maximum atomic E-state index is 14.0. The second-order valence-corrected chi connectivity index (χ2v) is 5.20. The molecule has 21 heavy (non-hydrogen) atoms. The molecule has 0 bridgehead atoms. The molecule has 2 aromatic rings. The minimum absolute atomic E-state index is 0.0173. The Balaban J connectivity index is 2.49. The van der Waals surface area contributed by atoms with Crippen molar-refractivity contribution in [3.05, 3.63) is 35.7 Å². The Bertz CT molecular complexity index is 661. The van der Waals surface area contributed by atoms with Gasteiger partial charge in [-0.25, -0.2) is 8.78 Å². The number of hydrogen-bond acceptors (Lipinski definition) is 4. The van der Waals surface area contributed by atoms with Gasteiger partial charge in [-0.15, -0.1) is 10.2 Å². The van der Waals surface area contributed by atoms with Crippen molar-refractivity contribution >= 4 is 17.7 Å². The number of rotatable bonds is 6. The first-order valence-electron chi connectivity index (χ1n) is 6.27. The normalized spacial score (nSPS) is 10.8. The summed E-state index contributed by atoms with van der Waals surface area (Å²) in [6.45, 7) is 1.92. The number of carboxylic acid groups (broad SMARTS) is 1. The molecule has 0 saturated carbocycles. The molecule has 0 aliphatic carbocycles. The number of hydrogen-bond donors (Lipinski definition) is 1. The smallest absolute Gasteiger partial charge is 0.313 e. The van der Waals surface area contributed by atoms with Crippen molar-refractivity contribution in [1.29, 1.82) is 0 Å². The van der Waals surface area contributed by atoms with Crippen molar-refractivity contribution in [2.75, 3.05) is 5.75 Å². The monoisotopic (exact) mass is 313 g/mol. The van der Waals surface area contributed by atoms with Gasteiger partial charge in [-0.1, -0.05) is 18.7 Å². The fourth-order valence-electron chi connectivity index (χ4n) is 1.80. The van der Waals surface area contributed by atoms with E-state index in [2.05, 4.69) is 10.2 Å². The molecule has 0 amide bonds. The van der Waals surface area contributed by atoms with Crippen molar-refractivity contribution in [3.63, 3.8) is 0 Å². The Hall–Kier alpha value is -1.96. The number of nitrogens with zero attached hydrogens (tertiary/aromatic N) is 3. The summed E-state index contributed by atoms with van der Waals surface area (Å²) in [6, 6.07) is 3.08. The van der Waals surface area contributed by atoms with Gasteiger partial charge in [0.05, 0.1) is 11.4 Å². The van der Waals surface area contributed by atoms with Crippen molar-refractivity contribution in [2.45, 2.75) is 24.9 Å². The Labute approximate surface area is 124 Å². The molecule has 0 aliphatic rings. The average molecular weight is 313 g/mol. The zero-order valence-corrected chi connectivity index (χ0v) is 12.0. The van der Waals surface area contributed by atoms with Crippen LogP contribution in [0.25, 0.3) is 5.69 Å². The summed E-state index contributed by atoms with van der Waals surface area (Å²) in [7, 11) is 0. The van der Waals surface area contributed by atoms with E-state index in [-0.39, 0.29) is 16.6 Å². The van der Waals surface area contributed by atoms with Crippen LogP contribution in [0.4, 0.5) is 8.78 Å². The van der Waals surface area contributed by atoms with E-state index in [0.717, 1.165) is 36.4 Å². The van der Waals surface area contributed by atoms with Gasteiger partial charge in [0.15, 0.2) is 5.16 Å². The highest BCUT2D eigenvalue weighted by Gasteiger charge is 2.18. The molecule has 2 rings (SSSR count). The van der Waals surface area contributed by atoms with Crippen LogP contribution in [0.15, 0.2) is 23.4 Å². The van der Waals surface area contributed by atoms with Crippen LogP contribution in [0.1, 0.15) is 19.2 Å². The SMILES string of the molecule is CCCc1nnc(SCC(=O)O)n1-c1cc(F)ccc1F. The van der Waals surface area contributed by atoms with Gasteiger partial charge in [0.1, 0.15) is 17.5 Å². The van der Waals surface area contributed by atoms with Crippen LogP contribution in [0.5, 0.6) is 0 Å². The van der Waals surface area contributed by atoms with Crippen LogP contribution in [-0.2, 0) is 11.2 Å². The summed E-state index contributed by atoms with van der Waals surface area (Å²) < 4.78 is 28.7. The fraction of sp³-hybridized carbons (Fsp3) is 0.308. The third kappa shape index (κ3) is 3.57. The Morgan fingerprint density at radius 1 is 1.38 bits per heavy atom. The molecule has 0 radical (unpaired) electrons. The molecule has 112 valence electrons. The van der Waals surface area contributed by atoms with E-state index in [1.807, 2.05) is 6.92 Å². The van der Waals surface area contributed by atoms with E-state index in [0.29, 0.717) is 12.2 Å². The first-order chi connectivity index (χ1) is 10.0.